The van der Waals surface area contributed by atoms with Gasteiger partial charge in [-0.1, -0.05) is 6.92 Å². The first-order valence-electron chi connectivity index (χ1n) is 5.64. The van der Waals surface area contributed by atoms with Gasteiger partial charge in [-0.15, -0.1) is 0 Å². The Morgan fingerprint density at radius 1 is 1.47 bits per heavy atom. The summed E-state index contributed by atoms with van der Waals surface area (Å²) < 4.78 is 0. The Bertz CT molecular complexity index is 206. The molecule has 90 valence electrons. The molecule has 1 fully saturated rings. The standard InChI is InChI=1S/C11H25N3O/c1-9-5-14(6-10(9)13(3)4)7-11(2,12)8-15/h9-10,15H,5-8,12H2,1-4H3. The van der Waals surface area contributed by atoms with Gasteiger partial charge in [0.15, 0.2) is 0 Å². The van der Waals surface area contributed by atoms with E-state index in [4.69, 9.17) is 10.8 Å². The van der Waals surface area contributed by atoms with Crippen molar-refractivity contribution >= 4 is 0 Å². The fraction of sp³-hybridized carbons (Fsp3) is 1.00. The Labute approximate surface area is 93.0 Å². The number of hydrogen-bond donors (Lipinski definition) is 2. The van der Waals surface area contributed by atoms with E-state index in [1.54, 1.807) is 0 Å². The second-order valence-electron chi connectivity index (χ2n) is 5.51. The Balaban J connectivity index is 2.48. The molecule has 0 aromatic heterocycles. The molecule has 0 radical (unpaired) electrons. The van der Waals surface area contributed by atoms with Gasteiger partial charge in [0.2, 0.25) is 0 Å². The van der Waals surface area contributed by atoms with Gasteiger partial charge >= 0.3 is 0 Å². The van der Waals surface area contributed by atoms with Crippen LogP contribution in [0.4, 0.5) is 0 Å². The van der Waals surface area contributed by atoms with Crippen LogP contribution in [-0.4, -0.2) is 66.8 Å². The van der Waals surface area contributed by atoms with Crippen molar-refractivity contribution in [3.8, 4) is 0 Å². The number of rotatable bonds is 4. The summed E-state index contributed by atoms with van der Waals surface area (Å²) in [5.74, 6) is 0.675. The molecule has 0 bridgehead atoms. The summed E-state index contributed by atoms with van der Waals surface area (Å²) in [6, 6.07) is 0.611. The maximum absolute atomic E-state index is 9.13. The first-order chi connectivity index (χ1) is 6.85. The predicted molar refractivity (Wildman–Crippen MR) is 62.8 cm³/mol. The maximum Gasteiger partial charge on any atom is 0.0621 e. The van der Waals surface area contributed by atoms with Crippen molar-refractivity contribution in [1.82, 2.24) is 9.80 Å². The monoisotopic (exact) mass is 215 g/mol. The van der Waals surface area contributed by atoms with Gasteiger partial charge in [0.1, 0.15) is 0 Å². The summed E-state index contributed by atoms with van der Waals surface area (Å²) >= 11 is 0. The van der Waals surface area contributed by atoms with E-state index >= 15 is 0 Å². The molecule has 3 N–H and O–H groups in total. The highest BCUT2D eigenvalue weighted by Gasteiger charge is 2.33. The van der Waals surface area contributed by atoms with Crippen LogP contribution in [-0.2, 0) is 0 Å². The van der Waals surface area contributed by atoms with Crippen LogP contribution in [0.1, 0.15) is 13.8 Å². The molecule has 3 unspecified atom stereocenters. The second kappa shape index (κ2) is 4.78. The number of nitrogens with zero attached hydrogens (tertiary/aromatic N) is 2. The zero-order valence-corrected chi connectivity index (χ0v) is 10.4. The lowest BCUT2D eigenvalue weighted by atomic mass is 10.1. The Morgan fingerprint density at radius 3 is 2.47 bits per heavy atom. The SMILES string of the molecule is CC1CN(CC(C)(N)CO)CC1N(C)C. The van der Waals surface area contributed by atoms with Gasteiger partial charge in [0, 0.05) is 31.2 Å². The van der Waals surface area contributed by atoms with E-state index in [2.05, 4.69) is 30.8 Å². The molecule has 0 amide bonds. The van der Waals surface area contributed by atoms with Gasteiger partial charge in [0.05, 0.1) is 6.61 Å². The minimum atomic E-state index is -0.471. The molecule has 1 saturated heterocycles. The topological polar surface area (TPSA) is 52.7 Å². The highest BCUT2D eigenvalue weighted by Crippen LogP contribution is 2.21. The average Bonchev–Trinajstić information content (AvgIpc) is 2.46. The molecule has 1 aliphatic heterocycles. The minimum Gasteiger partial charge on any atom is -0.394 e. The number of likely N-dealkylation sites (N-methyl/N-ethyl adjacent to an activating group) is 1. The number of likely N-dealkylation sites (tertiary alicyclic amines) is 1. The van der Waals surface area contributed by atoms with Crippen LogP contribution in [0.3, 0.4) is 0 Å². The molecule has 1 heterocycles. The van der Waals surface area contributed by atoms with E-state index in [-0.39, 0.29) is 6.61 Å². The molecule has 1 rings (SSSR count). The van der Waals surface area contributed by atoms with Gasteiger partial charge in [-0.2, -0.15) is 0 Å². The third kappa shape index (κ3) is 3.41. The fourth-order valence-corrected chi connectivity index (χ4v) is 2.41. The molecule has 0 aliphatic carbocycles. The van der Waals surface area contributed by atoms with Crippen molar-refractivity contribution in [2.24, 2.45) is 11.7 Å². The van der Waals surface area contributed by atoms with Crippen molar-refractivity contribution in [1.29, 1.82) is 0 Å². The Hall–Kier alpha value is -0.160. The van der Waals surface area contributed by atoms with Gasteiger partial charge in [-0.05, 0) is 26.9 Å². The van der Waals surface area contributed by atoms with E-state index in [0.717, 1.165) is 19.6 Å². The first-order valence-corrected chi connectivity index (χ1v) is 5.64. The van der Waals surface area contributed by atoms with E-state index < -0.39 is 5.54 Å². The second-order valence-corrected chi connectivity index (χ2v) is 5.51. The van der Waals surface area contributed by atoms with Crippen LogP contribution in [0.5, 0.6) is 0 Å². The van der Waals surface area contributed by atoms with Gasteiger partial charge in [-0.25, -0.2) is 0 Å². The summed E-state index contributed by atoms with van der Waals surface area (Å²) in [5, 5.41) is 9.13. The molecule has 0 aromatic carbocycles. The van der Waals surface area contributed by atoms with Gasteiger partial charge in [-0.3, -0.25) is 4.90 Å². The summed E-state index contributed by atoms with van der Waals surface area (Å²) in [5.41, 5.74) is 5.49. The number of aliphatic hydroxyl groups is 1. The Morgan fingerprint density at radius 2 is 2.07 bits per heavy atom. The van der Waals surface area contributed by atoms with Crippen LogP contribution >= 0.6 is 0 Å². The number of hydrogen-bond acceptors (Lipinski definition) is 4. The molecule has 4 nitrogen and oxygen atoms in total. The van der Waals surface area contributed by atoms with Crippen LogP contribution in [0.15, 0.2) is 0 Å². The van der Waals surface area contributed by atoms with E-state index in [1.807, 2.05) is 6.92 Å². The van der Waals surface area contributed by atoms with Crippen molar-refractivity contribution in [3.63, 3.8) is 0 Å². The third-order valence-corrected chi connectivity index (χ3v) is 3.26. The normalized spacial score (nSPS) is 32.2. The quantitative estimate of drug-likeness (QED) is 0.669. The third-order valence-electron chi connectivity index (χ3n) is 3.26. The van der Waals surface area contributed by atoms with Crippen molar-refractivity contribution in [2.75, 3.05) is 40.3 Å². The Kier molecular flexibility index (Phi) is 4.12. The molecule has 0 spiro atoms. The summed E-state index contributed by atoms with van der Waals surface area (Å²) in [7, 11) is 4.25. The van der Waals surface area contributed by atoms with Crippen molar-refractivity contribution < 1.29 is 5.11 Å². The largest absolute Gasteiger partial charge is 0.394 e. The number of nitrogens with two attached hydrogens (primary N) is 1. The fourth-order valence-electron chi connectivity index (χ4n) is 2.41. The van der Waals surface area contributed by atoms with Crippen LogP contribution in [0.2, 0.25) is 0 Å². The van der Waals surface area contributed by atoms with Gasteiger partial charge in [0.25, 0.3) is 0 Å². The van der Waals surface area contributed by atoms with Crippen molar-refractivity contribution in [2.45, 2.75) is 25.4 Å². The van der Waals surface area contributed by atoms with E-state index in [0.29, 0.717) is 12.0 Å². The molecule has 3 atom stereocenters. The van der Waals surface area contributed by atoms with Gasteiger partial charge < -0.3 is 15.7 Å². The zero-order chi connectivity index (χ0) is 11.6. The summed E-state index contributed by atoms with van der Waals surface area (Å²) in [6.07, 6.45) is 0. The number of aliphatic hydroxyl groups excluding tert-OH is 1. The van der Waals surface area contributed by atoms with Crippen molar-refractivity contribution in [3.05, 3.63) is 0 Å². The summed E-state index contributed by atoms with van der Waals surface area (Å²) in [4.78, 5) is 4.63. The summed E-state index contributed by atoms with van der Waals surface area (Å²) in [6.45, 7) is 7.14. The smallest absolute Gasteiger partial charge is 0.0621 e. The minimum absolute atomic E-state index is 0.0461. The highest BCUT2D eigenvalue weighted by atomic mass is 16.3. The van der Waals surface area contributed by atoms with E-state index in [1.165, 1.54) is 0 Å². The predicted octanol–water partition coefficient (Wildman–Crippen LogP) is -0.422. The van der Waals surface area contributed by atoms with Crippen LogP contribution < -0.4 is 5.73 Å². The van der Waals surface area contributed by atoms with Crippen LogP contribution in [0.25, 0.3) is 0 Å². The molecule has 1 aliphatic rings. The molecule has 0 saturated carbocycles. The van der Waals surface area contributed by atoms with Crippen LogP contribution in [0, 0.1) is 5.92 Å². The molecule has 4 heteroatoms. The molecule has 0 aromatic rings. The highest BCUT2D eigenvalue weighted by molar-refractivity contribution is 4.91. The lowest BCUT2D eigenvalue weighted by Gasteiger charge is -2.28. The lowest BCUT2D eigenvalue weighted by Crippen LogP contribution is -2.50. The molecular formula is C11H25N3O. The first kappa shape index (κ1) is 12.9. The average molecular weight is 215 g/mol. The maximum atomic E-state index is 9.13. The molecule has 15 heavy (non-hydrogen) atoms. The molecular weight excluding hydrogens is 190 g/mol. The zero-order valence-electron chi connectivity index (χ0n) is 10.4. The van der Waals surface area contributed by atoms with E-state index in [9.17, 15) is 0 Å². The lowest BCUT2D eigenvalue weighted by molar-refractivity contribution is 0.157.